The summed E-state index contributed by atoms with van der Waals surface area (Å²) >= 11 is 0. The molecule has 172 valence electrons. The van der Waals surface area contributed by atoms with Crippen LogP contribution in [0.4, 0.5) is 11.6 Å². The van der Waals surface area contributed by atoms with Crippen LogP contribution in [0.1, 0.15) is 43.7 Å². The van der Waals surface area contributed by atoms with Gasteiger partial charge in [0.05, 0.1) is 11.9 Å². The third-order valence-electron chi connectivity index (χ3n) is 5.30. The highest BCUT2D eigenvalue weighted by atomic mass is 32.2. The fraction of sp³-hybridized carbons (Fsp3) is 0.455. The number of piperidine rings is 1. The van der Waals surface area contributed by atoms with Crippen molar-refractivity contribution in [3.63, 3.8) is 0 Å². The molecule has 2 aromatic heterocycles. The van der Waals surface area contributed by atoms with Crippen LogP contribution in [-0.4, -0.2) is 55.1 Å². The average Bonchev–Trinajstić information content (AvgIpc) is 3.17. The highest BCUT2D eigenvalue weighted by molar-refractivity contribution is 8.00. The zero-order valence-electron chi connectivity index (χ0n) is 18.8. The molecule has 0 radical (unpaired) electrons. The van der Waals surface area contributed by atoms with Gasteiger partial charge in [-0.15, -0.1) is 0 Å². The largest absolute Gasteiger partial charge is 0.459 e. The molecule has 9 nitrogen and oxygen atoms in total. The van der Waals surface area contributed by atoms with Crippen LogP contribution in [0.2, 0.25) is 0 Å². The van der Waals surface area contributed by atoms with Gasteiger partial charge >= 0.3 is 6.01 Å². The molecule has 2 atom stereocenters. The summed E-state index contributed by atoms with van der Waals surface area (Å²) in [6.07, 6.45) is 5.49. The summed E-state index contributed by atoms with van der Waals surface area (Å²) in [7, 11) is -2.39. The first-order chi connectivity index (χ1) is 15.3. The minimum absolute atomic E-state index is 0.0455. The molecule has 10 heteroatoms. The molecule has 32 heavy (non-hydrogen) atoms. The molecule has 2 unspecified atom stereocenters. The highest BCUT2D eigenvalue weighted by Gasteiger charge is 2.20. The van der Waals surface area contributed by atoms with E-state index >= 15 is 0 Å². The quantitative estimate of drug-likeness (QED) is 0.447. The SMILES string of the molecule is C=S(C)(=O)Nc1ccccc1CNc1nc(OC2CCCNC2)nc2c(C(C)C)cnn12. The second-order valence-electron chi connectivity index (χ2n) is 8.52. The molecule has 1 aromatic carbocycles. The van der Waals surface area contributed by atoms with Crippen LogP contribution in [0.25, 0.3) is 5.65 Å². The number of hydrogen-bond acceptors (Lipinski definition) is 7. The Bertz CT molecular complexity index is 1180. The summed E-state index contributed by atoms with van der Waals surface area (Å²) in [6.45, 7) is 6.47. The van der Waals surface area contributed by atoms with Crippen LogP contribution in [0.15, 0.2) is 30.5 Å². The molecular weight excluding hydrogens is 426 g/mol. The summed E-state index contributed by atoms with van der Waals surface area (Å²) in [4.78, 5) is 9.30. The van der Waals surface area contributed by atoms with E-state index in [1.54, 1.807) is 10.8 Å². The van der Waals surface area contributed by atoms with Gasteiger partial charge in [-0.25, -0.2) is 4.21 Å². The van der Waals surface area contributed by atoms with E-state index in [2.05, 4.69) is 50.1 Å². The number of anilines is 2. The van der Waals surface area contributed by atoms with Gasteiger partial charge in [-0.05, 0) is 42.8 Å². The van der Waals surface area contributed by atoms with Gasteiger partial charge in [-0.2, -0.15) is 19.6 Å². The standard InChI is InChI=1S/C22H31N7O2S/c1-15(2)18-14-25-29-20(18)26-22(31-17-9-7-11-23-13-17)27-21(29)24-12-16-8-5-6-10-19(16)28-32(3,4)30/h5-6,8,10,14-15,17,23H,3,7,9,11-13H2,1-2,4H3,(H,28,30)(H,24,26,27). The second kappa shape index (κ2) is 9.33. The zero-order chi connectivity index (χ0) is 22.7. The van der Waals surface area contributed by atoms with Crippen molar-refractivity contribution >= 4 is 32.9 Å². The maximum atomic E-state index is 12.2. The Morgan fingerprint density at radius 1 is 1.34 bits per heavy atom. The molecule has 1 fully saturated rings. The van der Waals surface area contributed by atoms with Gasteiger partial charge in [0.15, 0.2) is 5.65 Å². The van der Waals surface area contributed by atoms with Gasteiger partial charge in [0.2, 0.25) is 5.95 Å². The van der Waals surface area contributed by atoms with Crippen LogP contribution in [-0.2, 0) is 16.3 Å². The van der Waals surface area contributed by atoms with Gasteiger partial charge in [-0.1, -0.05) is 32.0 Å². The molecule has 1 saturated heterocycles. The van der Waals surface area contributed by atoms with E-state index in [9.17, 15) is 4.21 Å². The number of nitrogens with zero attached hydrogens (tertiary/aromatic N) is 4. The molecule has 1 aliphatic heterocycles. The van der Waals surface area contributed by atoms with Crippen molar-refractivity contribution in [1.82, 2.24) is 24.9 Å². The Morgan fingerprint density at radius 2 is 2.16 bits per heavy atom. The zero-order valence-corrected chi connectivity index (χ0v) is 19.6. The molecule has 0 saturated carbocycles. The van der Waals surface area contributed by atoms with Crippen molar-refractivity contribution in [3.05, 3.63) is 41.6 Å². The number of rotatable bonds is 8. The Balaban J connectivity index is 1.64. The number of nitrogens with one attached hydrogen (secondary N) is 3. The topological polar surface area (TPSA) is 105 Å². The van der Waals surface area contributed by atoms with Crippen LogP contribution in [0, 0.1) is 0 Å². The predicted octanol–water partition coefficient (Wildman–Crippen LogP) is 2.66. The van der Waals surface area contributed by atoms with Crippen molar-refractivity contribution in [2.24, 2.45) is 0 Å². The van der Waals surface area contributed by atoms with Crippen LogP contribution in [0.5, 0.6) is 6.01 Å². The first kappa shape index (κ1) is 22.3. The van der Waals surface area contributed by atoms with Crippen molar-refractivity contribution in [3.8, 4) is 6.01 Å². The summed E-state index contributed by atoms with van der Waals surface area (Å²) in [5.74, 6) is 4.50. The number of fused-ring (bicyclic) bond motifs is 1. The van der Waals surface area contributed by atoms with Crippen molar-refractivity contribution in [2.45, 2.75) is 45.3 Å². The maximum absolute atomic E-state index is 12.2. The van der Waals surface area contributed by atoms with E-state index in [1.807, 2.05) is 30.5 Å². The molecule has 0 aliphatic carbocycles. The number of ether oxygens (including phenoxy) is 1. The van der Waals surface area contributed by atoms with Crippen LogP contribution >= 0.6 is 0 Å². The Morgan fingerprint density at radius 3 is 2.88 bits per heavy atom. The van der Waals surface area contributed by atoms with Gasteiger partial charge in [0.1, 0.15) is 6.10 Å². The van der Waals surface area contributed by atoms with E-state index in [-0.39, 0.29) is 12.0 Å². The molecule has 1 aliphatic rings. The molecule has 3 heterocycles. The highest BCUT2D eigenvalue weighted by Crippen LogP contribution is 2.24. The monoisotopic (exact) mass is 457 g/mol. The second-order valence-corrected chi connectivity index (χ2v) is 10.7. The van der Waals surface area contributed by atoms with E-state index in [0.717, 1.165) is 48.4 Å². The Hall–Kier alpha value is -2.85. The van der Waals surface area contributed by atoms with Gasteiger partial charge < -0.3 is 20.1 Å². The Kier molecular flexibility index (Phi) is 6.52. The van der Waals surface area contributed by atoms with Crippen LogP contribution < -0.4 is 20.1 Å². The molecule has 4 rings (SSSR count). The van der Waals surface area contributed by atoms with E-state index < -0.39 is 9.71 Å². The molecule has 0 spiro atoms. The normalized spacial score (nSPS) is 18.4. The fourth-order valence-corrected chi connectivity index (χ4v) is 4.36. The molecule has 0 amide bonds. The summed E-state index contributed by atoms with van der Waals surface area (Å²) in [6, 6.07) is 8.03. The fourth-order valence-electron chi connectivity index (χ4n) is 3.70. The number of para-hydroxylation sites is 1. The lowest BCUT2D eigenvalue weighted by Crippen LogP contribution is -2.37. The average molecular weight is 458 g/mol. The number of aromatic nitrogens is 4. The minimum Gasteiger partial charge on any atom is -0.459 e. The molecule has 3 aromatic rings. The number of hydrogen-bond donors (Lipinski definition) is 3. The molecule has 3 N–H and O–H groups in total. The minimum atomic E-state index is -2.39. The third-order valence-corrected chi connectivity index (χ3v) is 5.95. The van der Waals surface area contributed by atoms with Gasteiger partial charge in [0.25, 0.3) is 0 Å². The molecular formula is C22H31N7O2S. The van der Waals surface area contributed by atoms with Crippen molar-refractivity contribution in [1.29, 1.82) is 0 Å². The maximum Gasteiger partial charge on any atom is 0.322 e. The van der Waals surface area contributed by atoms with E-state index in [0.29, 0.717) is 18.5 Å². The lowest BCUT2D eigenvalue weighted by Gasteiger charge is -2.23. The summed E-state index contributed by atoms with van der Waals surface area (Å²) < 4.78 is 23.0. The molecule has 0 bridgehead atoms. The third kappa shape index (κ3) is 5.31. The first-order valence-corrected chi connectivity index (χ1v) is 13.0. The van der Waals surface area contributed by atoms with E-state index in [1.165, 1.54) is 0 Å². The lowest BCUT2D eigenvalue weighted by molar-refractivity contribution is 0.153. The summed E-state index contributed by atoms with van der Waals surface area (Å²) in [5, 5.41) is 11.2. The first-order valence-electron chi connectivity index (χ1n) is 10.8. The predicted molar refractivity (Wildman–Crippen MR) is 130 cm³/mol. The van der Waals surface area contributed by atoms with Crippen molar-refractivity contribution < 1.29 is 8.95 Å². The van der Waals surface area contributed by atoms with Crippen LogP contribution in [0.3, 0.4) is 0 Å². The lowest BCUT2D eigenvalue weighted by atomic mass is 10.1. The van der Waals surface area contributed by atoms with Crippen molar-refractivity contribution in [2.75, 3.05) is 29.4 Å². The van der Waals surface area contributed by atoms with Gasteiger partial charge in [0, 0.05) is 34.6 Å². The van der Waals surface area contributed by atoms with E-state index in [4.69, 9.17) is 4.74 Å². The Labute approximate surface area is 189 Å². The van der Waals surface area contributed by atoms with Gasteiger partial charge in [-0.3, -0.25) is 0 Å². The summed E-state index contributed by atoms with van der Waals surface area (Å²) in [5.41, 5.74) is 3.47. The smallest absolute Gasteiger partial charge is 0.322 e. The number of benzene rings is 1.